The molecule has 1 aromatic rings. The SMILES string of the molecule is CCOc1nc(NC2CCCCC2)nc(NC(C)(C)C)n1. The molecule has 0 radical (unpaired) electrons. The summed E-state index contributed by atoms with van der Waals surface area (Å²) in [5.41, 5.74) is -0.104. The van der Waals surface area contributed by atoms with Crippen LogP contribution in [0, 0.1) is 0 Å². The molecule has 1 fully saturated rings. The summed E-state index contributed by atoms with van der Waals surface area (Å²) in [6.45, 7) is 8.69. The summed E-state index contributed by atoms with van der Waals surface area (Å²) < 4.78 is 5.45. The summed E-state index contributed by atoms with van der Waals surface area (Å²) >= 11 is 0. The van der Waals surface area contributed by atoms with Crippen LogP contribution in [0.1, 0.15) is 59.8 Å². The van der Waals surface area contributed by atoms with E-state index in [1.54, 1.807) is 0 Å². The highest BCUT2D eigenvalue weighted by Crippen LogP contribution is 2.22. The fourth-order valence-corrected chi connectivity index (χ4v) is 2.44. The third kappa shape index (κ3) is 5.36. The minimum absolute atomic E-state index is 0.104. The van der Waals surface area contributed by atoms with E-state index >= 15 is 0 Å². The average molecular weight is 293 g/mol. The average Bonchev–Trinajstić information content (AvgIpc) is 2.38. The second kappa shape index (κ2) is 6.91. The zero-order valence-electron chi connectivity index (χ0n) is 13.6. The lowest BCUT2D eigenvalue weighted by Crippen LogP contribution is -2.28. The molecule has 0 spiro atoms. The van der Waals surface area contributed by atoms with Crippen molar-refractivity contribution in [3.8, 4) is 6.01 Å². The first-order chi connectivity index (χ1) is 9.96. The summed E-state index contributed by atoms with van der Waals surface area (Å²) in [5, 5.41) is 6.70. The van der Waals surface area contributed by atoms with Gasteiger partial charge in [0, 0.05) is 11.6 Å². The lowest BCUT2D eigenvalue weighted by molar-refractivity contribution is 0.312. The lowest BCUT2D eigenvalue weighted by atomic mass is 9.96. The highest BCUT2D eigenvalue weighted by atomic mass is 16.5. The molecule has 0 bridgehead atoms. The van der Waals surface area contributed by atoms with Crippen molar-refractivity contribution in [3.63, 3.8) is 0 Å². The standard InChI is InChI=1S/C15H27N5O/c1-5-21-14-18-12(16-11-9-7-6-8-10-11)17-13(19-14)20-15(2,3)4/h11H,5-10H2,1-4H3,(H2,16,17,18,19,20). The van der Waals surface area contributed by atoms with E-state index in [0.29, 0.717) is 30.6 Å². The van der Waals surface area contributed by atoms with Crippen molar-refractivity contribution in [1.82, 2.24) is 15.0 Å². The Hall–Kier alpha value is -1.59. The van der Waals surface area contributed by atoms with Gasteiger partial charge in [0.05, 0.1) is 6.61 Å². The van der Waals surface area contributed by atoms with Crippen LogP contribution in [0.4, 0.5) is 11.9 Å². The van der Waals surface area contributed by atoms with Crippen molar-refractivity contribution >= 4 is 11.9 Å². The normalized spacial score (nSPS) is 16.6. The van der Waals surface area contributed by atoms with Crippen LogP contribution in [0.25, 0.3) is 0 Å². The molecule has 0 amide bonds. The second-order valence-corrected chi connectivity index (χ2v) is 6.55. The number of aromatic nitrogens is 3. The Bertz CT molecular complexity index is 452. The molecule has 118 valence electrons. The Morgan fingerprint density at radius 1 is 1.05 bits per heavy atom. The van der Waals surface area contributed by atoms with Gasteiger partial charge in [-0.15, -0.1) is 0 Å². The summed E-state index contributed by atoms with van der Waals surface area (Å²) in [7, 11) is 0. The number of hydrogen-bond donors (Lipinski definition) is 2. The summed E-state index contributed by atoms with van der Waals surface area (Å²) in [6, 6.07) is 0.829. The molecular weight excluding hydrogens is 266 g/mol. The van der Waals surface area contributed by atoms with Crippen molar-refractivity contribution in [2.24, 2.45) is 0 Å². The van der Waals surface area contributed by atoms with Gasteiger partial charge in [0.25, 0.3) is 0 Å². The monoisotopic (exact) mass is 293 g/mol. The van der Waals surface area contributed by atoms with Crippen LogP contribution in [0.3, 0.4) is 0 Å². The molecule has 2 N–H and O–H groups in total. The van der Waals surface area contributed by atoms with Crippen molar-refractivity contribution in [2.75, 3.05) is 17.2 Å². The zero-order valence-corrected chi connectivity index (χ0v) is 13.6. The van der Waals surface area contributed by atoms with Gasteiger partial charge in [-0.05, 0) is 40.5 Å². The Morgan fingerprint density at radius 2 is 1.71 bits per heavy atom. The number of ether oxygens (including phenoxy) is 1. The van der Waals surface area contributed by atoms with E-state index < -0.39 is 0 Å². The Balaban J connectivity index is 2.14. The highest BCUT2D eigenvalue weighted by Gasteiger charge is 2.17. The van der Waals surface area contributed by atoms with E-state index in [0.717, 1.165) is 0 Å². The maximum Gasteiger partial charge on any atom is 0.323 e. The van der Waals surface area contributed by atoms with E-state index in [1.165, 1.54) is 32.1 Å². The molecule has 6 nitrogen and oxygen atoms in total. The maximum atomic E-state index is 5.45. The molecule has 1 aromatic heterocycles. The third-order valence-corrected chi connectivity index (χ3v) is 3.31. The molecule has 1 saturated carbocycles. The minimum Gasteiger partial charge on any atom is -0.464 e. The largest absolute Gasteiger partial charge is 0.464 e. The molecule has 1 aliphatic rings. The smallest absolute Gasteiger partial charge is 0.323 e. The van der Waals surface area contributed by atoms with Crippen LogP contribution in [0.15, 0.2) is 0 Å². The molecular formula is C15H27N5O. The predicted molar refractivity (Wildman–Crippen MR) is 84.9 cm³/mol. The van der Waals surface area contributed by atoms with Crippen LogP contribution < -0.4 is 15.4 Å². The summed E-state index contributed by atoms with van der Waals surface area (Å²) in [5.74, 6) is 1.16. The number of hydrogen-bond acceptors (Lipinski definition) is 6. The topological polar surface area (TPSA) is 72.0 Å². The predicted octanol–water partition coefficient (Wildman–Crippen LogP) is 3.23. The zero-order chi connectivity index (χ0) is 15.3. The molecule has 0 aromatic carbocycles. The Morgan fingerprint density at radius 3 is 2.33 bits per heavy atom. The molecule has 0 aliphatic heterocycles. The Kier molecular flexibility index (Phi) is 5.20. The van der Waals surface area contributed by atoms with Crippen molar-refractivity contribution in [3.05, 3.63) is 0 Å². The van der Waals surface area contributed by atoms with Gasteiger partial charge in [-0.3, -0.25) is 0 Å². The minimum atomic E-state index is -0.104. The van der Waals surface area contributed by atoms with E-state index in [4.69, 9.17) is 4.74 Å². The number of rotatable bonds is 5. The van der Waals surface area contributed by atoms with Crippen molar-refractivity contribution < 1.29 is 4.74 Å². The number of nitrogens with one attached hydrogen (secondary N) is 2. The van der Waals surface area contributed by atoms with E-state index in [2.05, 4.69) is 46.4 Å². The first-order valence-corrected chi connectivity index (χ1v) is 7.90. The fourth-order valence-electron chi connectivity index (χ4n) is 2.44. The number of anilines is 2. The molecule has 0 saturated heterocycles. The van der Waals surface area contributed by atoms with Gasteiger partial charge in [-0.25, -0.2) is 0 Å². The second-order valence-electron chi connectivity index (χ2n) is 6.55. The molecule has 0 atom stereocenters. The molecule has 2 rings (SSSR count). The van der Waals surface area contributed by atoms with E-state index in [9.17, 15) is 0 Å². The van der Waals surface area contributed by atoms with Crippen molar-refractivity contribution in [1.29, 1.82) is 0 Å². The Labute approximate surface area is 127 Å². The van der Waals surface area contributed by atoms with Crippen LogP contribution >= 0.6 is 0 Å². The quantitative estimate of drug-likeness (QED) is 0.868. The van der Waals surface area contributed by atoms with Crippen LogP contribution in [0.2, 0.25) is 0 Å². The third-order valence-electron chi connectivity index (χ3n) is 3.31. The van der Waals surface area contributed by atoms with Crippen molar-refractivity contribution in [2.45, 2.75) is 71.4 Å². The van der Waals surface area contributed by atoms with Crippen LogP contribution in [-0.4, -0.2) is 33.1 Å². The maximum absolute atomic E-state index is 5.45. The first kappa shape index (κ1) is 15.8. The summed E-state index contributed by atoms with van der Waals surface area (Å²) in [6.07, 6.45) is 6.23. The summed E-state index contributed by atoms with van der Waals surface area (Å²) in [4.78, 5) is 13.1. The molecule has 1 aliphatic carbocycles. The lowest BCUT2D eigenvalue weighted by Gasteiger charge is -2.24. The molecule has 0 unspecified atom stereocenters. The van der Waals surface area contributed by atoms with Gasteiger partial charge in [0.2, 0.25) is 11.9 Å². The van der Waals surface area contributed by atoms with Crippen LogP contribution in [-0.2, 0) is 0 Å². The molecule has 1 heterocycles. The van der Waals surface area contributed by atoms with Gasteiger partial charge < -0.3 is 15.4 Å². The van der Waals surface area contributed by atoms with Gasteiger partial charge in [0.1, 0.15) is 0 Å². The van der Waals surface area contributed by atoms with Gasteiger partial charge in [-0.1, -0.05) is 19.3 Å². The first-order valence-electron chi connectivity index (χ1n) is 7.90. The number of nitrogens with zero attached hydrogens (tertiary/aromatic N) is 3. The molecule has 6 heteroatoms. The van der Waals surface area contributed by atoms with Gasteiger partial charge >= 0.3 is 6.01 Å². The molecule has 21 heavy (non-hydrogen) atoms. The van der Waals surface area contributed by atoms with Gasteiger partial charge in [0.15, 0.2) is 0 Å². The van der Waals surface area contributed by atoms with E-state index in [-0.39, 0.29) is 5.54 Å². The highest BCUT2D eigenvalue weighted by molar-refractivity contribution is 5.38. The van der Waals surface area contributed by atoms with Gasteiger partial charge in [-0.2, -0.15) is 15.0 Å². The van der Waals surface area contributed by atoms with E-state index in [1.807, 2.05) is 6.92 Å². The van der Waals surface area contributed by atoms with Crippen LogP contribution in [0.5, 0.6) is 6.01 Å². The fraction of sp³-hybridized carbons (Fsp3) is 0.800.